The number of hydrogen-bond acceptors (Lipinski definition) is 52. The maximum atomic E-state index is 13.3. The molecule has 0 radical (unpaired) electrons. The predicted molar refractivity (Wildman–Crippen MR) is 397 cm³/mol. The molecule has 10 saturated heterocycles. The minimum atomic E-state index is -5.46. The van der Waals surface area contributed by atoms with Crippen molar-refractivity contribution in [2.24, 2.45) is 0 Å². The van der Waals surface area contributed by atoms with E-state index in [1.165, 1.54) is 6.92 Å². The molecule has 59 heteroatoms. The molecule has 58 nitrogen and oxygen atoms in total. The van der Waals surface area contributed by atoms with Gasteiger partial charge in [0.15, 0.2) is 62.9 Å². The highest BCUT2D eigenvalue weighted by Crippen LogP contribution is 2.41. The molecule has 31 N–H and O–H groups in total. The SMILES string of the molecule is CC(=O)N[C@@H]1[C@H](O[C@@H]2[C@@H](O[C@@H]3[C@H](O)[C@H](O[C@H]4[C@H](O)[C@@H](NC(C)=O)[C@H](O[C@H]5[C@H](O)[C@@H](NC(C)=O)C(O)O[C@@H]5CO[C@@H]5O[C@@H](C)[C@@H](O)[C@@H](O)[C@@H]5O)O[C@@H]4CO)O[C@H](CO[C@H]4O[C@H](CO)[C@@H](O)[C@H](O)[C@@H]4O[C@@H]4O[C@H](CO)[C@@H](O[C@@H]5O[C@H](CO)[C@H](O)[C@H](O)[C@H]5O)[C@H](O)[C@H]4NC(C)=O)[C@H]3O)O[C@H](CO)[C@@H](O)[C@@H]2O)O[C@H](CO)[C@@H](O[C@@H]2O[C@H](CO)[C@H](OS(=O)(=O)O)[C@H](O)[C@H]2NC(C)=O)[C@@H]1O. The molecule has 0 aliphatic carbocycles. The van der Waals surface area contributed by atoms with E-state index < -0.39 is 406 Å². The highest BCUT2D eigenvalue weighted by molar-refractivity contribution is 7.80. The van der Waals surface area contributed by atoms with Gasteiger partial charge in [0.2, 0.25) is 29.5 Å². The molecule has 0 aromatic carbocycles. The second-order valence-corrected chi connectivity index (χ2v) is 33.3. The molecular weight excluding hydrogens is 1790 g/mol. The van der Waals surface area contributed by atoms with Gasteiger partial charge in [0, 0.05) is 34.6 Å². The third kappa shape index (κ3) is 24.5. The van der Waals surface area contributed by atoms with E-state index in [4.69, 9.17) is 90.0 Å². The van der Waals surface area contributed by atoms with Crippen molar-refractivity contribution >= 4 is 39.9 Å². The van der Waals surface area contributed by atoms with Gasteiger partial charge in [-0.05, 0) is 6.92 Å². The molecule has 129 heavy (non-hydrogen) atoms. The third-order valence-corrected chi connectivity index (χ3v) is 23.5. The fourth-order valence-corrected chi connectivity index (χ4v) is 16.9. The first-order valence-corrected chi connectivity index (χ1v) is 42.0. The van der Waals surface area contributed by atoms with Crippen molar-refractivity contribution in [3.05, 3.63) is 0 Å². The number of aliphatic hydroxyl groups is 25. The largest absolute Gasteiger partial charge is 0.397 e. The van der Waals surface area contributed by atoms with Gasteiger partial charge >= 0.3 is 10.4 Å². The molecule has 0 saturated carbocycles. The van der Waals surface area contributed by atoms with Gasteiger partial charge in [-0.15, -0.1) is 0 Å². The van der Waals surface area contributed by atoms with Crippen molar-refractivity contribution in [3.63, 3.8) is 0 Å². The molecule has 0 aromatic rings. The molecule has 10 aliphatic rings. The summed E-state index contributed by atoms with van der Waals surface area (Å²) in [6.45, 7) is -4.55. The molecule has 10 rings (SSSR count). The lowest BCUT2D eigenvalue weighted by atomic mass is 9.93. The molecule has 0 aromatic heterocycles. The lowest BCUT2D eigenvalue weighted by molar-refractivity contribution is -0.398. The van der Waals surface area contributed by atoms with E-state index in [0.29, 0.717) is 0 Å². The first-order chi connectivity index (χ1) is 60.7. The minimum absolute atomic E-state index is 0.860. The summed E-state index contributed by atoms with van der Waals surface area (Å²) in [6, 6.07) is -9.83. The Kier molecular flexibility index (Phi) is 38.0. The lowest BCUT2D eigenvalue weighted by Crippen LogP contribution is -2.71. The number of carbonyl (C=O) groups is 5. The van der Waals surface area contributed by atoms with Crippen LogP contribution in [-0.2, 0) is 129 Å². The summed E-state index contributed by atoms with van der Waals surface area (Å²) in [4.78, 5) is 64.5. The Morgan fingerprint density at radius 3 is 0.938 bits per heavy atom. The highest BCUT2D eigenvalue weighted by atomic mass is 32.3. The molecule has 50 atom stereocenters. The monoisotopic (exact) mass is 1910 g/mol. The van der Waals surface area contributed by atoms with E-state index in [2.05, 4.69) is 30.8 Å². The Labute approximate surface area is 730 Å². The molecule has 0 bridgehead atoms. The third-order valence-electron chi connectivity index (χ3n) is 23.0. The number of ether oxygens (including phenoxy) is 19. The van der Waals surface area contributed by atoms with Crippen LogP contribution in [0.25, 0.3) is 0 Å². The Morgan fingerprint density at radius 1 is 0.256 bits per heavy atom. The summed E-state index contributed by atoms with van der Waals surface area (Å²) in [5, 5.41) is 294. The van der Waals surface area contributed by atoms with Gasteiger partial charge in [0.1, 0.15) is 238 Å². The van der Waals surface area contributed by atoms with E-state index in [9.17, 15) is 165 Å². The van der Waals surface area contributed by atoms with Crippen molar-refractivity contribution in [2.75, 3.05) is 59.5 Å². The quantitative estimate of drug-likeness (QED) is 0.0266. The normalized spacial score (nSPS) is 47.7. The number of nitrogens with one attached hydrogen (secondary N) is 5. The zero-order valence-corrected chi connectivity index (χ0v) is 70.1. The molecular formula is C70H117N5O53S. The Morgan fingerprint density at radius 2 is 0.535 bits per heavy atom. The van der Waals surface area contributed by atoms with Gasteiger partial charge in [-0.3, -0.25) is 28.5 Å². The van der Waals surface area contributed by atoms with Crippen molar-refractivity contribution in [2.45, 2.75) is 348 Å². The van der Waals surface area contributed by atoms with Gasteiger partial charge in [0.05, 0.1) is 65.6 Å². The highest BCUT2D eigenvalue weighted by Gasteiger charge is 2.62. The summed E-state index contributed by atoms with van der Waals surface area (Å²) in [5.74, 6) is -4.85. The van der Waals surface area contributed by atoms with E-state index in [0.717, 1.165) is 34.6 Å². The number of amides is 5. The fraction of sp³-hybridized carbons (Fsp3) is 0.929. The summed E-state index contributed by atoms with van der Waals surface area (Å²) < 4.78 is 151. The van der Waals surface area contributed by atoms with Gasteiger partial charge in [-0.1, -0.05) is 0 Å². The van der Waals surface area contributed by atoms with Crippen LogP contribution >= 0.6 is 0 Å². The van der Waals surface area contributed by atoms with Crippen molar-refractivity contribution in [1.82, 2.24) is 26.6 Å². The molecule has 1 unspecified atom stereocenters. The van der Waals surface area contributed by atoms with Gasteiger partial charge in [-0.25, -0.2) is 4.18 Å². The second kappa shape index (κ2) is 46.1. The van der Waals surface area contributed by atoms with E-state index in [-0.39, 0.29) is 0 Å². The maximum absolute atomic E-state index is 13.3. The van der Waals surface area contributed by atoms with E-state index in [1.807, 2.05) is 0 Å². The van der Waals surface area contributed by atoms with Crippen molar-refractivity contribution in [1.29, 1.82) is 0 Å². The molecule has 5 amide bonds. The zero-order chi connectivity index (χ0) is 95.3. The topological polar surface area (TPSA) is 890 Å². The zero-order valence-electron chi connectivity index (χ0n) is 69.3. The molecule has 10 fully saturated rings. The number of rotatable bonds is 34. The number of aliphatic hydroxyl groups excluding tert-OH is 25. The van der Waals surface area contributed by atoms with Gasteiger partial charge < -0.3 is 244 Å². The summed E-state index contributed by atoms with van der Waals surface area (Å²) in [5.41, 5.74) is 0. The van der Waals surface area contributed by atoms with E-state index in [1.54, 1.807) is 0 Å². The average Bonchev–Trinajstić information content (AvgIpc) is 0.763. The van der Waals surface area contributed by atoms with Crippen LogP contribution in [0.4, 0.5) is 0 Å². The summed E-state index contributed by atoms with van der Waals surface area (Å²) in [6.07, 6.45) is -95.7. The lowest BCUT2D eigenvalue weighted by Gasteiger charge is -2.51. The molecule has 10 aliphatic heterocycles. The number of hydrogen-bond donors (Lipinski definition) is 31. The molecule has 10 heterocycles. The molecule has 746 valence electrons. The van der Waals surface area contributed by atoms with Crippen molar-refractivity contribution < 1.29 is 259 Å². The van der Waals surface area contributed by atoms with Crippen LogP contribution in [0.3, 0.4) is 0 Å². The van der Waals surface area contributed by atoms with Gasteiger partial charge in [-0.2, -0.15) is 8.42 Å². The Bertz CT molecular complexity index is 3700. The van der Waals surface area contributed by atoms with Crippen LogP contribution in [0, 0.1) is 0 Å². The van der Waals surface area contributed by atoms with Crippen LogP contribution in [0.2, 0.25) is 0 Å². The minimum Gasteiger partial charge on any atom is -0.394 e. The van der Waals surface area contributed by atoms with Crippen LogP contribution < -0.4 is 26.6 Å². The number of carbonyl (C=O) groups excluding carboxylic acids is 5. The standard InChI is InChI=1S/C70H117N5O53S/c1-16-36(88)46(98)50(102)66(111-16)109-15-30-56(41(93)31(61(105)112-30)71-17(2)83)122-62-32(72-18(3)84)43(95)55(27(12-81)116-62)124-68-52(104)58(40(92)29(120-68)14-110-69-59(48(100)38(90)23(8-77)114-69)126-64-34(74-20(5)86)44(96)54(26(11-80)118-64)123-67-51(103)47(99)37(89)22(7-76)113-67)125-70-60(49(101)39(91)24(9-78)115-70)127-65-33(73-19(4)85)42(94)53(25(10-79)117-65)121-63-35(75-21(6)87)45(97)57(28(13-82)119-63)128-129(106,107)108/h16,22-70,76-82,88-105H,7-15H2,1-6H3,(H,71,83)(H,72,84)(H,73,85)(H,74,86)(H,75,87)(H,106,107,108)/t16-,22+,23+,24+,25+,26+,27+,28+,29+,30+,31+,32+,33-,34+,35+,36+,37-,38+,39+,40+,41+,42+,43+,44+,45+,46+,47-,48-,49-,50-,51+,52-,53+,54+,55+,56+,57-,58-,59-,60-,61?,62-,63-,64-,65-,66+,67-,68-,69-,70+/m0/s1. The Hall–Kier alpha value is -4.54. The first kappa shape index (κ1) is 107. The summed E-state index contributed by atoms with van der Waals surface area (Å²) in [7, 11) is -5.46. The maximum Gasteiger partial charge on any atom is 0.397 e. The van der Waals surface area contributed by atoms with Crippen LogP contribution in [0.1, 0.15) is 41.5 Å². The Balaban J connectivity index is 0.992. The summed E-state index contributed by atoms with van der Waals surface area (Å²) >= 11 is 0. The van der Waals surface area contributed by atoms with Crippen LogP contribution in [-0.4, -0.2) is 536 Å². The average molecular weight is 1910 g/mol. The van der Waals surface area contributed by atoms with Gasteiger partial charge in [0.25, 0.3) is 0 Å². The second-order valence-electron chi connectivity index (χ2n) is 32.2. The van der Waals surface area contributed by atoms with Crippen LogP contribution in [0.15, 0.2) is 0 Å². The first-order valence-electron chi connectivity index (χ1n) is 40.6. The predicted octanol–water partition coefficient (Wildman–Crippen LogP) is -21.2. The van der Waals surface area contributed by atoms with Crippen LogP contribution in [0.5, 0.6) is 0 Å². The van der Waals surface area contributed by atoms with E-state index >= 15 is 0 Å². The smallest absolute Gasteiger partial charge is 0.394 e. The molecule has 0 spiro atoms. The fourth-order valence-electron chi connectivity index (χ4n) is 16.4. The van der Waals surface area contributed by atoms with Crippen molar-refractivity contribution in [3.8, 4) is 0 Å².